The van der Waals surface area contributed by atoms with Gasteiger partial charge in [-0.3, -0.25) is 0 Å². The summed E-state index contributed by atoms with van der Waals surface area (Å²) in [4.78, 5) is 0.223. The van der Waals surface area contributed by atoms with Crippen LogP contribution in [-0.4, -0.2) is 40.8 Å². The zero-order valence-corrected chi connectivity index (χ0v) is 13.9. The van der Waals surface area contributed by atoms with Crippen LogP contribution in [0.5, 0.6) is 0 Å². The van der Waals surface area contributed by atoms with E-state index in [1.807, 2.05) is 0 Å². The number of sulfonamides is 1. The summed E-state index contributed by atoms with van der Waals surface area (Å²) in [5.74, 6) is 0. The van der Waals surface area contributed by atoms with E-state index in [2.05, 4.69) is 10.0 Å². The summed E-state index contributed by atoms with van der Waals surface area (Å²) < 4.78 is 32.8. The number of aryl methyl sites for hydroxylation is 1. The molecule has 0 spiro atoms. The largest absolute Gasteiger partial charge is 0.383 e. The third-order valence-electron chi connectivity index (χ3n) is 3.79. The van der Waals surface area contributed by atoms with Gasteiger partial charge in [-0.1, -0.05) is 17.7 Å². The zero-order chi connectivity index (χ0) is 15.5. The van der Waals surface area contributed by atoms with Crippen LogP contribution in [0.1, 0.15) is 18.4 Å². The SMILES string of the molecule is COCC1(CNS(=O)(=O)c2cc(Cl)ccc2C)CCCN1. The van der Waals surface area contributed by atoms with Crippen LogP contribution in [0, 0.1) is 6.92 Å². The number of methoxy groups -OCH3 is 1. The molecule has 1 heterocycles. The summed E-state index contributed by atoms with van der Waals surface area (Å²) in [5.41, 5.74) is 0.348. The number of hydrogen-bond donors (Lipinski definition) is 2. The first kappa shape index (κ1) is 16.7. The first-order chi connectivity index (χ1) is 9.88. The van der Waals surface area contributed by atoms with Crippen LogP contribution in [-0.2, 0) is 14.8 Å². The normalized spacial score (nSPS) is 22.6. The lowest BCUT2D eigenvalue weighted by molar-refractivity contribution is 0.122. The number of nitrogens with one attached hydrogen (secondary N) is 2. The van der Waals surface area contributed by atoms with Gasteiger partial charge in [0.1, 0.15) is 0 Å². The topological polar surface area (TPSA) is 67.4 Å². The highest BCUT2D eigenvalue weighted by Crippen LogP contribution is 2.22. The van der Waals surface area contributed by atoms with E-state index in [9.17, 15) is 8.42 Å². The molecule has 2 rings (SSSR count). The van der Waals surface area contributed by atoms with Gasteiger partial charge < -0.3 is 10.1 Å². The molecule has 21 heavy (non-hydrogen) atoms. The van der Waals surface area contributed by atoms with Gasteiger partial charge in [0.15, 0.2) is 0 Å². The first-order valence-electron chi connectivity index (χ1n) is 6.88. The molecular weight excluding hydrogens is 312 g/mol. The van der Waals surface area contributed by atoms with Gasteiger partial charge in [-0.15, -0.1) is 0 Å². The van der Waals surface area contributed by atoms with E-state index >= 15 is 0 Å². The third-order valence-corrected chi connectivity index (χ3v) is 5.57. The maximum atomic E-state index is 12.5. The van der Waals surface area contributed by atoms with Crippen molar-refractivity contribution in [1.82, 2.24) is 10.0 Å². The van der Waals surface area contributed by atoms with Gasteiger partial charge in [0.2, 0.25) is 10.0 Å². The molecule has 0 aromatic heterocycles. The maximum absolute atomic E-state index is 12.5. The van der Waals surface area contributed by atoms with Gasteiger partial charge in [0, 0.05) is 18.7 Å². The number of rotatable bonds is 6. The molecule has 0 saturated carbocycles. The molecule has 1 aromatic rings. The minimum atomic E-state index is -3.59. The van der Waals surface area contributed by atoms with Gasteiger partial charge in [-0.05, 0) is 44.0 Å². The number of ether oxygens (including phenoxy) is 1. The summed E-state index contributed by atoms with van der Waals surface area (Å²) >= 11 is 5.90. The van der Waals surface area contributed by atoms with Crippen molar-refractivity contribution in [3.8, 4) is 0 Å². The molecule has 1 unspecified atom stereocenters. The molecule has 0 aliphatic carbocycles. The Kier molecular flexibility index (Phi) is 5.27. The molecule has 1 aromatic carbocycles. The Morgan fingerprint density at radius 1 is 1.48 bits per heavy atom. The molecule has 1 aliphatic heterocycles. The van der Waals surface area contributed by atoms with Crippen LogP contribution in [0.25, 0.3) is 0 Å². The highest BCUT2D eigenvalue weighted by Gasteiger charge is 2.35. The summed E-state index contributed by atoms with van der Waals surface area (Å²) in [6, 6.07) is 4.86. The fourth-order valence-electron chi connectivity index (χ4n) is 2.64. The van der Waals surface area contributed by atoms with Crippen LogP contribution in [0.15, 0.2) is 23.1 Å². The smallest absolute Gasteiger partial charge is 0.240 e. The molecule has 1 fully saturated rings. The Bertz CT molecular complexity index is 598. The molecule has 5 nitrogen and oxygen atoms in total. The maximum Gasteiger partial charge on any atom is 0.240 e. The van der Waals surface area contributed by atoms with Gasteiger partial charge in [-0.2, -0.15) is 0 Å². The summed E-state index contributed by atoms with van der Waals surface area (Å²) in [7, 11) is -1.96. The van der Waals surface area contributed by atoms with Crippen LogP contribution in [0.3, 0.4) is 0 Å². The van der Waals surface area contributed by atoms with E-state index in [1.54, 1.807) is 26.2 Å². The van der Waals surface area contributed by atoms with Crippen molar-refractivity contribution in [2.24, 2.45) is 0 Å². The molecule has 1 saturated heterocycles. The predicted octanol–water partition coefficient (Wildman–Crippen LogP) is 1.70. The second-order valence-corrected chi connectivity index (χ2v) is 7.65. The summed E-state index contributed by atoms with van der Waals surface area (Å²) in [6.45, 7) is 3.41. The van der Waals surface area contributed by atoms with E-state index < -0.39 is 10.0 Å². The lowest BCUT2D eigenvalue weighted by Gasteiger charge is -2.29. The number of halogens is 1. The molecule has 0 amide bonds. The minimum Gasteiger partial charge on any atom is -0.383 e. The highest BCUT2D eigenvalue weighted by molar-refractivity contribution is 7.89. The summed E-state index contributed by atoms with van der Waals surface area (Å²) in [6.07, 6.45) is 1.90. The fraction of sp³-hybridized carbons (Fsp3) is 0.571. The molecular formula is C14H21ClN2O3S. The fourth-order valence-corrected chi connectivity index (χ4v) is 4.28. The lowest BCUT2D eigenvalue weighted by atomic mass is 9.99. The Morgan fingerprint density at radius 2 is 2.24 bits per heavy atom. The molecule has 7 heteroatoms. The Hall–Kier alpha value is -0.660. The van der Waals surface area contributed by atoms with E-state index in [1.165, 1.54) is 6.07 Å². The average Bonchev–Trinajstić information content (AvgIpc) is 2.89. The van der Waals surface area contributed by atoms with Crippen LogP contribution in [0.4, 0.5) is 0 Å². The van der Waals surface area contributed by atoms with Crippen molar-refractivity contribution in [2.75, 3.05) is 26.8 Å². The Balaban J connectivity index is 2.15. The van der Waals surface area contributed by atoms with Crippen LogP contribution < -0.4 is 10.0 Å². The van der Waals surface area contributed by atoms with Crippen LogP contribution >= 0.6 is 11.6 Å². The van der Waals surface area contributed by atoms with Crippen molar-refractivity contribution < 1.29 is 13.2 Å². The molecule has 1 atom stereocenters. The highest BCUT2D eigenvalue weighted by atomic mass is 35.5. The van der Waals surface area contributed by atoms with Crippen molar-refractivity contribution in [2.45, 2.75) is 30.2 Å². The average molecular weight is 333 g/mol. The number of hydrogen-bond acceptors (Lipinski definition) is 4. The van der Waals surface area contributed by atoms with Crippen molar-refractivity contribution in [3.63, 3.8) is 0 Å². The van der Waals surface area contributed by atoms with Gasteiger partial charge >= 0.3 is 0 Å². The second-order valence-electron chi connectivity index (χ2n) is 5.48. The van der Waals surface area contributed by atoms with Crippen LogP contribution in [0.2, 0.25) is 5.02 Å². The first-order valence-corrected chi connectivity index (χ1v) is 8.74. The van der Waals surface area contributed by atoms with Crippen molar-refractivity contribution >= 4 is 21.6 Å². The predicted molar refractivity (Wildman–Crippen MR) is 83.2 cm³/mol. The van der Waals surface area contributed by atoms with E-state index in [-0.39, 0.29) is 10.4 Å². The van der Waals surface area contributed by atoms with Gasteiger partial charge in [0.05, 0.1) is 17.0 Å². The Labute approximate surface area is 131 Å². The quantitative estimate of drug-likeness (QED) is 0.832. The third kappa shape index (κ3) is 3.96. The van der Waals surface area contributed by atoms with Crippen molar-refractivity contribution in [1.29, 1.82) is 0 Å². The lowest BCUT2D eigenvalue weighted by Crippen LogP contribution is -2.52. The van der Waals surface area contributed by atoms with Crippen molar-refractivity contribution in [3.05, 3.63) is 28.8 Å². The Morgan fingerprint density at radius 3 is 2.86 bits per heavy atom. The monoisotopic (exact) mass is 332 g/mol. The minimum absolute atomic E-state index is 0.223. The van der Waals surface area contributed by atoms with Gasteiger partial charge in [-0.25, -0.2) is 13.1 Å². The summed E-state index contributed by atoms with van der Waals surface area (Å²) in [5, 5.41) is 3.75. The molecule has 118 valence electrons. The molecule has 0 bridgehead atoms. The number of benzene rings is 1. The van der Waals surface area contributed by atoms with E-state index in [0.29, 0.717) is 23.7 Å². The van der Waals surface area contributed by atoms with Gasteiger partial charge in [0.25, 0.3) is 0 Å². The van der Waals surface area contributed by atoms with E-state index in [0.717, 1.165) is 19.4 Å². The zero-order valence-electron chi connectivity index (χ0n) is 12.3. The molecule has 0 radical (unpaired) electrons. The standard InChI is InChI=1S/C14H21ClN2O3S/c1-11-4-5-12(15)8-13(11)21(18,19)17-9-14(10-20-2)6-3-7-16-14/h4-5,8,16-17H,3,6-7,9-10H2,1-2H3. The molecule has 1 aliphatic rings. The second kappa shape index (κ2) is 6.62. The van der Waals surface area contributed by atoms with E-state index in [4.69, 9.17) is 16.3 Å². The molecule has 2 N–H and O–H groups in total.